The van der Waals surface area contributed by atoms with Crippen molar-refractivity contribution in [2.75, 3.05) is 13.2 Å². The van der Waals surface area contributed by atoms with Crippen molar-refractivity contribution < 1.29 is 49.3 Å². The molecular formula is C70H119NO10. The summed E-state index contributed by atoms with van der Waals surface area (Å²) in [6.45, 7) is 5.70. The molecule has 1 amide bonds. The second kappa shape index (κ2) is 56.8. The van der Waals surface area contributed by atoms with Gasteiger partial charge < -0.3 is 45.1 Å². The third-order valence-corrected chi connectivity index (χ3v) is 14.6. The molecule has 11 heteroatoms. The van der Waals surface area contributed by atoms with Gasteiger partial charge in [0.25, 0.3) is 0 Å². The van der Waals surface area contributed by atoms with Gasteiger partial charge in [-0.3, -0.25) is 9.59 Å². The van der Waals surface area contributed by atoms with Crippen LogP contribution in [0, 0.1) is 0 Å². The predicted molar refractivity (Wildman–Crippen MR) is 338 cm³/mol. The Hall–Kier alpha value is -3.68. The van der Waals surface area contributed by atoms with Crippen molar-refractivity contribution in [3.8, 4) is 0 Å². The summed E-state index contributed by atoms with van der Waals surface area (Å²) < 4.78 is 17.6. The van der Waals surface area contributed by atoms with Crippen LogP contribution in [0.15, 0.2) is 109 Å². The van der Waals surface area contributed by atoms with E-state index in [4.69, 9.17) is 14.2 Å². The molecule has 1 aliphatic heterocycles. The Balaban J connectivity index is 2.66. The SMILES string of the molecule is CCCCC/C=C\C/C=C\C/C=C\C/C=C\CCCCCCCCCC(=O)OC1C(OCC(NC(=O)C(O)CCCC/C=C\C/C=C\C/C=C\C/C=C\CCCCC)C(O)/C=C/CCCCCCCCCCC)OC(CO)C(O)C1O. The summed E-state index contributed by atoms with van der Waals surface area (Å²) in [5.74, 6) is -1.24. The zero-order chi connectivity index (χ0) is 58.9. The van der Waals surface area contributed by atoms with Gasteiger partial charge in [0, 0.05) is 6.42 Å². The first kappa shape index (κ1) is 75.3. The summed E-state index contributed by atoms with van der Waals surface area (Å²) in [4.78, 5) is 26.6. The van der Waals surface area contributed by atoms with E-state index in [2.05, 4.69) is 123 Å². The van der Waals surface area contributed by atoms with E-state index in [0.717, 1.165) is 128 Å². The zero-order valence-corrected chi connectivity index (χ0v) is 51.4. The number of rotatable bonds is 54. The van der Waals surface area contributed by atoms with Gasteiger partial charge in [-0.2, -0.15) is 0 Å². The van der Waals surface area contributed by atoms with Crippen LogP contribution in [0.5, 0.6) is 0 Å². The smallest absolute Gasteiger partial charge is 0.306 e. The molecule has 0 aliphatic carbocycles. The van der Waals surface area contributed by atoms with E-state index in [1.54, 1.807) is 6.08 Å². The van der Waals surface area contributed by atoms with E-state index in [0.29, 0.717) is 12.8 Å². The third-order valence-electron chi connectivity index (χ3n) is 14.6. The van der Waals surface area contributed by atoms with Crippen molar-refractivity contribution in [3.63, 3.8) is 0 Å². The van der Waals surface area contributed by atoms with Gasteiger partial charge in [-0.1, -0.05) is 246 Å². The Morgan fingerprint density at radius 2 is 0.852 bits per heavy atom. The predicted octanol–water partition coefficient (Wildman–Crippen LogP) is 16.1. The van der Waals surface area contributed by atoms with E-state index in [-0.39, 0.29) is 19.4 Å². The molecule has 1 heterocycles. The number of amides is 1. The maximum Gasteiger partial charge on any atom is 0.306 e. The highest BCUT2D eigenvalue weighted by molar-refractivity contribution is 5.80. The van der Waals surface area contributed by atoms with Gasteiger partial charge in [0.05, 0.1) is 25.4 Å². The van der Waals surface area contributed by atoms with E-state index < -0.39 is 67.4 Å². The summed E-state index contributed by atoms with van der Waals surface area (Å²) in [5, 5.41) is 57.0. The number of carbonyl (C=O) groups excluding carboxylic acids is 2. The first-order chi connectivity index (χ1) is 39.7. The molecule has 464 valence electrons. The highest BCUT2D eigenvalue weighted by Crippen LogP contribution is 2.26. The standard InChI is InChI=1S/C70H119NO10/c1-4-7-10-13-16-19-22-24-26-28-30-31-32-33-34-36-38-40-43-46-49-52-55-58-65(75)81-68-67(77)66(76)64(59-72)80-70(68)79-60-61(62(73)56-53-50-47-44-41-21-18-15-12-9-6-3)71-69(78)63(74)57-54-51-48-45-42-39-37-35-29-27-25-23-20-17-14-11-8-5-2/h16-17,19-20,24-27,30-31,33-35,37,42,45,53,56,61-64,66-68,70,72-74,76-77H,4-15,18,21-23,28-29,32,36,38-41,43-44,46-52,54-55,57-60H2,1-3H3,(H,71,78)/b19-16-,20-17-,26-24-,27-25-,31-30-,34-33-,37-35-,45-42-,56-53+. The van der Waals surface area contributed by atoms with Crippen molar-refractivity contribution in [2.24, 2.45) is 0 Å². The maximum atomic E-state index is 13.4. The fourth-order valence-corrected chi connectivity index (χ4v) is 9.44. The Labute approximate surface area is 494 Å². The quantitative estimate of drug-likeness (QED) is 0.0195. The Kier molecular flexibility index (Phi) is 52.8. The van der Waals surface area contributed by atoms with Gasteiger partial charge in [0.15, 0.2) is 12.4 Å². The monoisotopic (exact) mass is 1130 g/mol. The van der Waals surface area contributed by atoms with E-state index in [9.17, 15) is 35.1 Å². The lowest BCUT2D eigenvalue weighted by Crippen LogP contribution is -2.61. The number of ether oxygens (including phenoxy) is 3. The molecule has 11 nitrogen and oxygen atoms in total. The first-order valence-corrected chi connectivity index (χ1v) is 32.7. The number of aliphatic hydroxyl groups is 5. The number of nitrogens with one attached hydrogen (secondary N) is 1. The van der Waals surface area contributed by atoms with Crippen molar-refractivity contribution >= 4 is 11.9 Å². The van der Waals surface area contributed by atoms with E-state index >= 15 is 0 Å². The van der Waals surface area contributed by atoms with Crippen LogP contribution >= 0.6 is 0 Å². The first-order valence-electron chi connectivity index (χ1n) is 32.7. The van der Waals surface area contributed by atoms with Crippen LogP contribution in [0.1, 0.15) is 258 Å². The highest BCUT2D eigenvalue weighted by atomic mass is 16.7. The fraction of sp³-hybridized carbons (Fsp3) is 0.714. The molecule has 1 saturated heterocycles. The number of carbonyl (C=O) groups is 2. The molecule has 0 radical (unpaired) electrons. The lowest BCUT2D eigenvalue weighted by atomic mass is 9.99. The summed E-state index contributed by atoms with van der Waals surface area (Å²) >= 11 is 0. The van der Waals surface area contributed by atoms with Crippen LogP contribution in [0.3, 0.4) is 0 Å². The highest BCUT2D eigenvalue weighted by Gasteiger charge is 2.47. The number of unbranched alkanes of at least 4 members (excludes halogenated alkanes) is 24. The zero-order valence-electron chi connectivity index (χ0n) is 51.4. The van der Waals surface area contributed by atoms with E-state index in [1.807, 2.05) is 6.08 Å². The van der Waals surface area contributed by atoms with Crippen LogP contribution in [0.25, 0.3) is 0 Å². The van der Waals surface area contributed by atoms with Crippen molar-refractivity contribution in [1.29, 1.82) is 0 Å². The number of aliphatic hydroxyl groups excluding tert-OH is 5. The second-order valence-electron chi connectivity index (χ2n) is 22.1. The van der Waals surface area contributed by atoms with Gasteiger partial charge in [-0.25, -0.2) is 0 Å². The molecule has 0 aromatic rings. The van der Waals surface area contributed by atoms with E-state index in [1.165, 1.54) is 83.5 Å². The van der Waals surface area contributed by atoms with Gasteiger partial charge in [0.2, 0.25) is 5.91 Å². The summed E-state index contributed by atoms with van der Waals surface area (Å²) in [6, 6.07) is -1.05. The van der Waals surface area contributed by atoms with Gasteiger partial charge >= 0.3 is 5.97 Å². The molecule has 81 heavy (non-hydrogen) atoms. The molecule has 8 unspecified atom stereocenters. The molecule has 0 spiro atoms. The molecule has 1 fully saturated rings. The van der Waals surface area contributed by atoms with Crippen molar-refractivity contribution in [3.05, 3.63) is 109 Å². The Bertz CT molecular complexity index is 1730. The van der Waals surface area contributed by atoms with Crippen LogP contribution in [0.2, 0.25) is 0 Å². The molecule has 0 bridgehead atoms. The number of allylic oxidation sites excluding steroid dienone is 17. The molecule has 6 N–H and O–H groups in total. The fourth-order valence-electron chi connectivity index (χ4n) is 9.44. The molecule has 8 atom stereocenters. The average Bonchev–Trinajstić information content (AvgIpc) is 3.50. The van der Waals surface area contributed by atoms with Crippen LogP contribution in [0.4, 0.5) is 0 Å². The summed E-state index contributed by atoms with van der Waals surface area (Å²) in [5.41, 5.74) is 0. The Morgan fingerprint density at radius 3 is 1.30 bits per heavy atom. The number of esters is 1. The Morgan fingerprint density at radius 1 is 0.481 bits per heavy atom. The molecule has 0 aromatic heterocycles. The third kappa shape index (κ3) is 44.5. The molecule has 1 rings (SSSR count). The van der Waals surface area contributed by atoms with Crippen molar-refractivity contribution in [2.45, 2.75) is 307 Å². The largest absolute Gasteiger partial charge is 0.454 e. The lowest BCUT2D eigenvalue weighted by Gasteiger charge is -2.41. The average molecular weight is 1130 g/mol. The maximum absolute atomic E-state index is 13.4. The molecule has 0 aromatic carbocycles. The second-order valence-corrected chi connectivity index (χ2v) is 22.1. The van der Waals surface area contributed by atoms with Crippen LogP contribution < -0.4 is 5.32 Å². The lowest BCUT2D eigenvalue weighted by molar-refractivity contribution is -0.305. The summed E-state index contributed by atoms with van der Waals surface area (Å²) in [7, 11) is 0. The van der Waals surface area contributed by atoms with Crippen molar-refractivity contribution in [1.82, 2.24) is 5.32 Å². The summed E-state index contributed by atoms with van der Waals surface area (Å²) in [6.07, 6.45) is 66.9. The van der Waals surface area contributed by atoms with Crippen LogP contribution in [-0.4, -0.2) is 99.6 Å². The van der Waals surface area contributed by atoms with Gasteiger partial charge in [-0.05, 0) is 116 Å². The molecule has 0 saturated carbocycles. The molecule has 1 aliphatic rings. The van der Waals surface area contributed by atoms with Gasteiger partial charge in [0.1, 0.15) is 24.4 Å². The number of hydrogen-bond acceptors (Lipinski definition) is 10. The minimum Gasteiger partial charge on any atom is -0.454 e. The minimum atomic E-state index is -1.63. The topological polar surface area (TPSA) is 175 Å². The van der Waals surface area contributed by atoms with Crippen LogP contribution in [-0.2, 0) is 23.8 Å². The normalized spacial score (nSPS) is 19.4. The van der Waals surface area contributed by atoms with Gasteiger partial charge in [-0.15, -0.1) is 0 Å². The minimum absolute atomic E-state index is 0.101. The molecular weight excluding hydrogens is 1010 g/mol. The number of hydrogen-bond donors (Lipinski definition) is 6.